The molecule has 2 atom stereocenters. The molecule has 0 aromatic carbocycles. The van der Waals surface area contributed by atoms with Crippen LogP contribution in [0.2, 0.25) is 0 Å². The fraction of sp³-hybridized carbons (Fsp3) is 0.733. The van der Waals surface area contributed by atoms with Gasteiger partial charge in [-0.1, -0.05) is 27.2 Å². The Morgan fingerprint density at radius 1 is 1.33 bits per heavy atom. The van der Waals surface area contributed by atoms with Crippen molar-refractivity contribution < 1.29 is 0 Å². The highest BCUT2D eigenvalue weighted by Gasteiger charge is 2.21. The molecule has 18 heavy (non-hydrogen) atoms. The average molecular weight is 247 g/mol. The van der Waals surface area contributed by atoms with Gasteiger partial charge in [0.25, 0.3) is 0 Å². The Kier molecular flexibility index (Phi) is 4.20. The molecular weight excluding hydrogens is 222 g/mol. The smallest absolute Gasteiger partial charge is 0.223 e. The van der Waals surface area contributed by atoms with Gasteiger partial charge in [0.05, 0.1) is 0 Å². The van der Waals surface area contributed by atoms with Gasteiger partial charge >= 0.3 is 0 Å². The van der Waals surface area contributed by atoms with Crippen LogP contribution in [0.25, 0.3) is 0 Å². The zero-order chi connectivity index (χ0) is 13.1. The molecule has 0 radical (unpaired) electrons. The largest absolute Gasteiger partial charge is 0.354 e. The van der Waals surface area contributed by atoms with Crippen LogP contribution in [0.3, 0.4) is 0 Å². The van der Waals surface area contributed by atoms with Crippen molar-refractivity contribution in [2.75, 3.05) is 11.9 Å². The summed E-state index contributed by atoms with van der Waals surface area (Å²) in [6, 6.07) is 2.08. The highest BCUT2D eigenvalue weighted by atomic mass is 15.1. The molecule has 1 aromatic rings. The van der Waals surface area contributed by atoms with E-state index >= 15 is 0 Å². The number of hydrogen-bond acceptors (Lipinski definition) is 3. The van der Waals surface area contributed by atoms with Gasteiger partial charge < -0.3 is 5.32 Å². The summed E-state index contributed by atoms with van der Waals surface area (Å²) in [5, 5.41) is 3.42. The van der Waals surface area contributed by atoms with Crippen LogP contribution in [0, 0.1) is 18.8 Å². The minimum atomic E-state index is 0.457. The van der Waals surface area contributed by atoms with E-state index in [4.69, 9.17) is 0 Å². The van der Waals surface area contributed by atoms with Crippen LogP contribution < -0.4 is 5.32 Å². The van der Waals surface area contributed by atoms with Crippen LogP contribution in [0.4, 0.5) is 5.95 Å². The predicted octanol–water partition coefficient (Wildman–Crippen LogP) is 3.76. The van der Waals surface area contributed by atoms with Crippen molar-refractivity contribution in [1.82, 2.24) is 9.97 Å². The van der Waals surface area contributed by atoms with Gasteiger partial charge in [-0.15, -0.1) is 0 Å². The summed E-state index contributed by atoms with van der Waals surface area (Å²) >= 11 is 0. The van der Waals surface area contributed by atoms with E-state index in [9.17, 15) is 0 Å². The van der Waals surface area contributed by atoms with Gasteiger partial charge in [0.1, 0.15) is 0 Å². The molecule has 1 saturated carbocycles. The van der Waals surface area contributed by atoms with Gasteiger partial charge in [-0.05, 0) is 43.6 Å². The lowest BCUT2D eigenvalue weighted by atomic mass is 10.1. The van der Waals surface area contributed by atoms with Crippen LogP contribution in [0.5, 0.6) is 0 Å². The number of anilines is 1. The van der Waals surface area contributed by atoms with Gasteiger partial charge in [0, 0.05) is 17.9 Å². The molecule has 2 rings (SSSR count). The SMILES string of the molecule is Cc1cc(C(C)C)nc(NCC2CCC(C)C2)n1. The third-order valence-electron chi connectivity index (χ3n) is 3.82. The predicted molar refractivity (Wildman–Crippen MR) is 75.9 cm³/mol. The molecule has 0 bridgehead atoms. The number of aromatic nitrogens is 2. The second-order valence-corrected chi connectivity index (χ2v) is 6.08. The zero-order valence-electron chi connectivity index (χ0n) is 12.0. The molecule has 0 spiro atoms. The quantitative estimate of drug-likeness (QED) is 0.880. The molecule has 0 amide bonds. The van der Waals surface area contributed by atoms with Crippen LogP contribution in [-0.2, 0) is 0 Å². The van der Waals surface area contributed by atoms with Crippen molar-refractivity contribution in [1.29, 1.82) is 0 Å². The summed E-state index contributed by atoms with van der Waals surface area (Å²) < 4.78 is 0. The van der Waals surface area contributed by atoms with Crippen LogP contribution in [0.15, 0.2) is 6.07 Å². The first-order chi connectivity index (χ1) is 8.54. The second-order valence-electron chi connectivity index (χ2n) is 6.08. The van der Waals surface area contributed by atoms with Gasteiger partial charge in [-0.25, -0.2) is 9.97 Å². The molecule has 0 saturated heterocycles. The minimum Gasteiger partial charge on any atom is -0.354 e. The monoisotopic (exact) mass is 247 g/mol. The summed E-state index contributed by atoms with van der Waals surface area (Å²) in [7, 11) is 0. The normalized spacial score (nSPS) is 23.6. The Labute approximate surface area is 110 Å². The summed E-state index contributed by atoms with van der Waals surface area (Å²) in [6.07, 6.45) is 4.06. The standard InChI is InChI=1S/C15H25N3/c1-10(2)14-8-12(4)17-15(18-14)16-9-13-6-5-11(3)7-13/h8,10-11,13H,5-7,9H2,1-4H3,(H,16,17,18). The van der Waals surface area contributed by atoms with Crippen molar-refractivity contribution in [2.24, 2.45) is 11.8 Å². The molecule has 1 heterocycles. The molecular formula is C15H25N3. The van der Waals surface area contributed by atoms with E-state index in [1.54, 1.807) is 0 Å². The number of hydrogen-bond donors (Lipinski definition) is 1. The highest BCUT2D eigenvalue weighted by Crippen LogP contribution is 2.30. The van der Waals surface area contributed by atoms with E-state index < -0.39 is 0 Å². The fourth-order valence-corrected chi connectivity index (χ4v) is 2.71. The Morgan fingerprint density at radius 3 is 2.72 bits per heavy atom. The first-order valence-electron chi connectivity index (χ1n) is 7.14. The van der Waals surface area contributed by atoms with E-state index in [0.717, 1.165) is 35.7 Å². The zero-order valence-corrected chi connectivity index (χ0v) is 12.0. The molecule has 3 nitrogen and oxygen atoms in total. The van der Waals surface area contributed by atoms with E-state index in [1.165, 1.54) is 19.3 Å². The maximum absolute atomic E-state index is 4.59. The summed E-state index contributed by atoms with van der Waals surface area (Å²) in [5.74, 6) is 2.95. The average Bonchev–Trinajstić information content (AvgIpc) is 2.72. The second kappa shape index (κ2) is 5.68. The first-order valence-corrected chi connectivity index (χ1v) is 7.14. The van der Waals surface area contributed by atoms with Crippen molar-refractivity contribution in [2.45, 2.75) is 52.9 Å². The molecule has 1 N–H and O–H groups in total. The Morgan fingerprint density at radius 2 is 2.11 bits per heavy atom. The topological polar surface area (TPSA) is 37.8 Å². The molecule has 100 valence electrons. The Hall–Kier alpha value is -1.12. The molecule has 1 fully saturated rings. The van der Waals surface area contributed by atoms with E-state index in [-0.39, 0.29) is 0 Å². The van der Waals surface area contributed by atoms with Crippen molar-refractivity contribution in [3.8, 4) is 0 Å². The molecule has 2 unspecified atom stereocenters. The van der Waals surface area contributed by atoms with Gasteiger partial charge in [0.2, 0.25) is 5.95 Å². The Balaban J connectivity index is 1.96. The third kappa shape index (κ3) is 3.44. The van der Waals surface area contributed by atoms with Crippen molar-refractivity contribution in [3.05, 3.63) is 17.5 Å². The molecule has 0 aliphatic heterocycles. The number of rotatable bonds is 4. The van der Waals surface area contributed by atoms with E-state index in [1.807, 2.05) is 6.92 Å². The number of nitrogens with zero attached hydrogens (tertiary/aromatic N) is 2. The number of nitrogens with one attached hydrogen (secondary N) is 1. The molecule has 3 heteroatoms. The first kappa shape index (κ1) is 13.3. The molecule has 1 aliphatic carbocycles. The van der Waals surface area contributed by atoms with Gasteiger partial charge in [0.15, 0.2) is 0 Å². The van der Waals surface area contributed by atoms with Crippen molar-refractivity contribution >= 4 is 5.95 Å². The Bertz CT molecular complexity index is 401. The van der Waals surface area contributed by atoms with Gasteiger partial charge in [-0.3, -0.25) is 0 Å². The summed E-state index contributed by atoms with van der Waals surface area (Å²) in [5.41, 5.74) is 2.18. The minimum absolute atomic E-state index is 0.457. The molecule has 1 aliphatic rings. The van der Waals surface area contributed by atoms with E-state index in [0.29, 0.717) is 5.92 Å². The summed E-state index contributed by atoms with van der Waals surface area (Å²) in [6.45, 7) is 9.75. The lowest BCUT2D eigenvalue weighted by Crippen LogP contribution is -2.14. The highest BCUT2D eigenvalue weighted by molar-refractivity contribution is 5.29. The van der Waals surface area contributed by atoms with E-state index in [2.05, 4.69) is 42.1 Å². The third-order valence-corrected chi connectivity index (χ3v) is 3.82. The summed E-state index contributed by atoms with van der Waals surface area (Å²) in [4.78, 5) is 9.06. The fourth-order valence-electron chi connectivity index (χ4n) is 2.71. The lowest BCUT2D eigenvalue weighted by Gasteiger charge is -2.13. The number of aryl methyl sites for hydroxylation is 1. The van der Waals surface area contributed by atoms with Crippen LogP contribution in [-0.4, -0.2) is 16.5 Å². The van der Waals surface area contributed by atoms with Crippen LogP contribution >= 0.6 is 0 Å². The van der Waals surface area contributed by atoms with Crippen LogP contribution in [0.1, 0.15) is 57.3 Å². The van der Waals surface area contributed by atoms with Gasteiger partial charge in [-0.2, -0.15) is 0 Å². The maximum atomic E-state index is 4.59. The van der Waals surface area contributed by atoms with Crippen molar-refractivity contribution in [3.63, 3.8) is 0 Å². The molecule has 1 aromatic heterocycles. The maximum Gasteiger partial charge on any atom is 0.223 e. The lowest BCUT2D eigenvalue weighted by molar-refractivity contribution is 0.535.